The third-order valence-corrected chi connectivity index (χ3v) is 3.17. The van der Waals surface area contributed by atoms with Crippen LogP contribution in [-0.2, 0) is 6.42 Å². The maximum atomic E-state index is 5.83. The Morgan fingerprint density at radius 1 is 1.05 bits per heavy atom. The Balaban J connectivity index is 2.22. The summed E-state index contributed by atoms with van der Waals surface area (Å²) in [5.74, 6) is 0.953. The van der Waals surface area contributed by atoms with Crippen LogP contribution in [-0.4, -0.2) is 12.6 Å². The van der Waals surface area contributed by atoms with Crippen LogP contribution >= 0.6 is 0 Å². The maximum Gasteiger partial charge on any atom is 0.127 e. The van der Waals surface area contributed by atoms with E-state index in [0.717, 1.165) is 30.8 Å². The summed E-state index contributed by atoms with van der Waals surface area (Å²) in [4.78, 5) is 0. The normalized spacial score (nSPS) is 12.2. The minimum Gasteiger partial charge on any atom is -0.493 e. The molecule has 2 aromatic rings. The predicted molar refractivity (Wildman–Crippen MR) is 85.0 cm³/mol. The average molecular weight is 269 g/mol. The summed E-state index contributed by atoms with van der Waals surface area (Å²) < 4.78 is 5.82. The Kier molecular flexibility index (Phi) is 5.19. The van der Waals surface area contributed by atoms with Crippen molar-refractivity contribution in [2.45, 2.75) is 32.7 Å². The molecule has 2 N–H and O–H groups in total. The molecule has 0 amide bonds. The lowest BCUT2D eigenvalue weighted by Crippen LogP contribution is -2.17. The van der Waals surface area contributed by atoms with Crippen molar-refractivity contribution >= 4 is 0 Å². The number of hydrogen-bond donors (Lipinski definition) is 1. The molecule has 2 heteroatoms. The van der Waals surface area contributed by atoms with Gasteiger partial charge in [-0.2, -0.15) is 0 Å². The van der Waals surface area contributed by atoms with Crippen molar-refractivity contribution in [3.63, 3.8) is 0 Å². The Morgan fingerprint density at radius 3 is 2.40 bits per heavy atom. The number of para-hydroxylation sites is 1. The molecular formula is C18H23NO. The van der Waals surface area contributed by atoms with E-state index in [-0.39, 0.29) is 6.04 Å². The minimum absolute atomic E-state index is 0.195. The molecule has 0 heterocycles. The highest BCUT2D eigenvalue weighted by molar-refractivity contribution is 5.70. The van der Waals surface area contributed by atoms with Crippen LogP contribution in [0.4, 0.5) is 0 Å². The fraction of sp³-hybridized carbons (Fsp3) is 0.333. The van der Waals surface area contributed by atoms with E-state index in [2.05, 4.69) is 37.3 Å². The average Bonchev–Trinajstić information content (AvgIpc) is 2.46. The van der Waals surface area contributed by atoms with Crippen LogP contribution in [0.25, 0.3) is 11.1 Å². The van der Waals surface area contributed by atoms with Gasteiger partial charge in [0.15, 0.2) is 0 Å². The molecule has 0 saturated carbocycles. The van der Waals surface area contributed by atoms with Crippen LogP contribution in [0.1, 0.15) is 25.8 Å². The zero-order valence-corrected chi connectivity index (χ0v) is 12.3. The molecule has 1 unspecified atom stereocenters. The van der Waals surface area contributed by atoms with Crippen LogP contribution in [0, 0.1) is 0 Å². The van der Waals surface area contributed by atoms with Crippen molar-refractivity contribution in [2.75, 3.05) is 6.61 Å². The summed E-state index contributed by atoms with van der Waals surface area (Å²) in [6, 6.07) is 17.0. The summed E-state index contributed by atoms with van der Waals surface area (Å²) in [7, 11) is 0. The highest BCUT2D eigenvalue weighted by atomic mass is 16.5. The lowest BCUT2D eigenvalue weighted by atomic mass is 10.0. The molecule has 0 spiro atoms. The first-order chi connectivity index (χ1) is 9.70. The first kappa shape index (κ1) is 14.6. The zero-order valence-electron chi connectivity index (χ0n) is 12.3. The van der Waals surface area contributed by atoms with Crippen LogP contribution < -0.4 is 10.5 Å². The highest BCUT2D eigenvalue weighted by Gasteiger charge is 2.06. The Bertz CT molecular complexity index is 531. The Hall–Kier alpha value is -1.80. The van der Waals surface area contributed by atoms with E-state index in [1.165, 1.54) is 11.1 Å². The molecule has 0 fully saturated rings. The lowest BCUT2D eigenvalue weighted by molar-refractivity contribution is 0.318. The first-order valence-electron chi connectivity index (χ1n) is 7.27. The van der Waals surface area contributed by atoms with Gasteiger partial charge in [-0.1, -0.05) is 49.4 Å². The standard InChI is InChI=1S/C18H23NO/c1-3-12-20-18-7-5-4-6-17(18)16-10-8-15(9-11-16)13-14(2)19/h4-11,14H,3,12-13,19H2,1-2H3. The number of benzene rings is 2. The second-order valence-corrected chi connectivity index (χ2v) is 5.22. The van der Waals surface area contributed by atoms with E-state index in [0.29, 0.717) is 0 Å². The van der Waals surface area contributed by atoms with E-state index in [4.69, 9.17) is 10.5 Å². The quantitative estimate of drug-likeness (QED) is 0.859. The van der Waals surface area contributed by atoms with Gasteiger partial charge in [0, 0.05) is 11.6 Å². The second kappa shape index (κ2) is 7.11. The Morgan fingerprint density at radius 2 is 1.75 bits per heavy atom. The van der Waals surface area contributed by atoms with Gasteiger partial charge in [0.25, 0.3) is 0 Å². The fourth-order valence-electron chi connectivity index (χ4n) is 2.24. The van der Waals surface area contributed by atoms with Crippen molar-refractivity contribution in [2.24, 2.45) is 5.73 Å². The molecule has 0 aliphatic carbocycles. The molecule has 2 nitrogen and oxygen atoms in total. The topological polar surface area (TPSA) is 35.2 Å². The predicted octanol–water partition coefficient (Wildman–Crippen LogP) is 4.03. The van der Waals surface area contributed by atoms with E-state index < -0.39 is 0 Å². The molecule has 0 saturated heterocycles. The van der Waals surface area contributed by atoms with Gasteiger partial charge in [-0.3, -0.25) is 0 Å². The van der Waals surface area contributed by atoms with E-state index in [1.807, 2.05) is 25.1 Å². The molecular weight excluding hydrogens is 246 g/mol. The monoisotopic (exact) mass is 269 g/mol. The van der Waals surface area contributed by atoms with Gasteiger partial charge >= 0.3 is 0 Å². The summed E-state index contributed by atoms with van der Waals surface area (Å²) in [5, 5.41) is 0. The van der Waals surface area contributed by atoms with Crippen molar-refractivity contribution in [3.05, 3.63) is 54.1 Å². The highest BCUT2D eigenvalue weighted by Crippen LogP contribution is 2.30. The molecule has 106 valence electrons. The minimum atomic E-state index is 0.195. The summed E-state index contributed by atoms with van der Waals surface area (Å²) in [6.07, 6.45) is 1.93. The molecule has 2 rings (SSSR count). The lowest BCUT2D eigenvalue weighted by Gasteiger charge is -2.12. The van der Waals surface area contributed by atoms with Gasteiger partial charge in [-0.25, -0.2) is 0 Å². The summed E-state index contributed by atoms with van der Waals surface area (Å²) in [6.45, 7) is 4.90. The SMILES string of the molecule is CCCOc1ccccc1-c1ccc(CC(C)N)cc1. The maximum absolute atomic E-state index is 5.83. The first-order valence-corrected chi connectivity index (χ1v) is 7.27. The Labute approximate surface area is 121 Å². The van der Waals surface area contributed by atoms with Gasteiger partial charge in [0.2, 0.25) is 0 Å². The van der Waals surface area contributed by atoms with Crippen LogP contribution in [0.15, 0.2) is 48.5 Å². The van der Waals surface area contributed by atoms with Crippen molar-refractivity contribution < 1.29 is 4.74 Å². The number of nitrogens with two attached hydrogens (primary N) is 1. The smallest absolute Gasteiger partial charge is 0.127 e. The fourth-order valence-corrected chi connectivity index (χ4v) is 2.24. The van der Waals surface area contributed by atoms with E-state index in [1.54, 1.807) is 0 Å². The number of ether oxygens (including phenoxy) is 1. The molecule has 0 aliphatic heterocycles. The van der Waals surface area contributed by atoms with E-state index in [9.17, 15) is 0 Å². The molecule has 0 bridgehead atoms. The second-order valence-electron chi connectivity index (χ2n) is 5.22. The van der Waals surface area contributed by atoms with Crippen molar-refractivity contribution in [1.82, 2.24) is 0 Å². The van der Waals surface area contributed by atoms with Gasteiger partial charge in [0.05, 0.1) is 6.61 Å². The molecule has 0 radical (unpaired) electrons. The third-order valence-electron chi connectivity index (χ3n) is 3.17. The molecule has 20 heavy (non-hydrogen) atoms. The largest absolute Gasteiger partial charge is 0.493 e. The van der Waals surface area contributed by atoms with Crippen molar-refractivity contribution in [3.8, 4) is 16.9 Å². The molecule has 2 aromatic carbocycles. The van der Waals surface area contributed by atoms with Crippen molar-refractivity contribution in [1.29, 1.82) is 0 Å². The van der Waals surface area contributed by atoms with Gasteiger partial charge in [0.1, 0.15) is 5.75 Å². The van der Waals surface area contributed by atoms with Crippen LogP contribution in [0.5, 0.6) is 5.75 Å². The summed E-state index contributed by atoms with van der Waals surface area (Å²) >= 11 is 0. The summed E-state index contributed by atoms with van der Waals surface area (Å²) in [5.41, 5.74) is 9.44. The third kappa shape index (κ3) is 3.84. The molecule has 0 aliphatic rings. The van der Waals surface area contributed by atoms with Crippen LogP contribution in [0.3, 0.4) is 0 Å². The van der Waals surface area contributed by atoms with Gasteiger partial charge in [-0.05, 0) is 37.0 Å². The zero-order chi connectivity index (χ0) is 14.4. The molecule has 1 atom stereocenters. The van der Waals surface area contributed by atoms with Gasteiger partial charge in [-0.15, -0.1) is 0 Å². The van der Waals surface area contributed by atoms with Gasteiger partial charge < -0.3 is 10.5 Å². The number of rotatable bonds is 6. The van der Waals surface area contributed by atoms with Crippen LogP contribution in [0.2, 0.25) is 0 Å². The number of hydrogen-bond acceptors (Lipinski definition) is 2. The molecule has 0 aromatic heterocycles. The van der Waals surface area contributed by atoms with E-state index >= 15 is 0 Å².